The summed E-state index contributed by atoms with van der Waals surface area (Å²) in [7, 11) is 0. The standard InChI is InChI=1S/C17H22N6O/c1-11-5-6-23(15(24)8-18-3)9-14(11)22(4)17-13-7-12(2)21-16(13)19-10-20-17/h7,10-11,14H,5-6,8-9H2,1-2,4H3,(H,19,20,21)/t11-,14+/m1/s1/i4D3,7D,8D2. The normalized spacial score (nSPS) is 25.6. The molecule has 7 nitrogen and oxygen atoms in total. The summed E-state index contributed by atoms with van der Waals surface area (Å²) in [5, 5.41) is 0.276. The minimum Gasteiger partial charge on any atom is -0.354 e. The lowest BCUT2D eigenvalue weighted by atomic mass is 9.92. The van der Waals surface area contributed by atoms with E-state index < -0.39 is 25.4 Å². The fourth-order valence-corrected chi connectivity index (χ4v) is 3.01. The van der Waals surface area contributed by atoms with Gasteiger partial charge in [0.2, 0.25) is 0 Å². The Morgan fingerprint density at radius 3 is 3.29 bits per heavy atom. The van der Waals surface area contributed by atoms with E-state index in [-0.39, 0.29) is 36.3 Å². The summed E-state index contributed by atoms with van der Waals surface area (Å²) in [4.78, 5) is 28.8. The van der Waals surface area contributed by atoms with Crippen LogP contribution in [-0.4, -0.2) is 58.4 Å². The predicted octanol–water partition coefficient (Wildman–Crippen LogP) is 1.86. The number of rotatable bonds is 3. The van der Waals surface area contributed by atoms with Crippen LogP contribution in [0.1, 0.15) is 27.3 Å². The molecule has 0 aromatic carbocycles. The van der Waals surface area contributed by atoms with E-state index in [9.17, 15) is 4.79 Å². The van der Waals surface area contributed by atoms with Gasteiger partial charge in [0, 0.05) is 29.9 Å². The molecule has 3 rings (SSSR count). The average Bonchev–Trinajstić information content (AvgIpc) is 2.96. The number of likely N-dealkylation sites (tertiary alicyclic amines) is 1. The fraction of sp³-hybridized carbons (Fsp3) is 0.529. The van der Waals surface area contributed by atoms with Crippen LogP contribution < -0.4 is 4.90 Å². The minimum atomic E-state index is -2.70. The highest BCUT2D eigenvalue weighted by Crippen LogP contribution is 2.29. The van der Waals surface area contributed by atoms with Crippen molar-refractivity contribution < 1.29 is 13.0 Å². The number of hydrogen-bond acceptors (Lipinski definition) is 4. The van der Waals surface area contributed by atoms with E-state index in [1.807, 2.05) is 6.92 Å². The first-order chi connectivity index (χ1) is 13.9. The Hall–Kier alpha value is -2.62. The molecule has 7 heteroatoms. The molecule has 1 N–H and O–H groups in total. The van der Waals surface area contributed by atoms with Gasteiger partial charge in [0.1, 0.15) is 20.5 Å². The van der Waals surface area contributed by atoms with Gasteiger partial charge in [-0.15, -0.1) is 0 Å². The molecule has 0 bridgehead atoms. The zero-order valence-corrected chi connectivity index (χ0v) is 13.5. The van der Waals surface area contributed by atoms with Crippen LogP contribution >= 0.6 is 0 Å². The zero-order valence-electron chi connectivity index (χ0n) is 19.5. The summed E-state index contributed by atoms with van der Waals surface area (Å²) in [6.07, 6.45) is 1.66. The van der Waals surface area contributed by atoms with E-state index in [0.717, 1.165) is 4.90 Å². The lowest BCUT2D eigenvalue weighted by Gasteiger charge is -2.41. The molecule has 3 heterocycles. The summed E-state index contributed by atoms with van der Waals surface area (Å²) in [5.41, 5.74) is 0.869. The molecule has 126 valence electrons. The zero-order chi connectivity index (χ0) is 22.4. The van der Waals surface area contributed by atoms with Crippen LogP contribution in [0.3, 0.4) is 0 Å². The maximum Gasteiger partial charge on any atom is 0.302 e. The van der Waals surface area contributed by atoms with Gasteiger partial charge >= 0.3 is 5.91 Å². The lowest BCUT2D eigenvalue weighted by Crippen LogP contribution is -2.53. The smallest absolute Gasteiger partial charge is 0.302 e. The number of aromatic amines is 1. The molecule has 2 aromatic rings. The fourth-order valence-electron chi connectivity index (χ4n) is 3.01. The number of amides is 1. The van der Waals surface area contributed by atoms with Crippen LogP contribution in [0.2, 0.25) is 0 Å². The second-order valence-corrected chi connectivity index (χ2v) is 5.97. The first kappa shape index (κ1) is 10.3. The Labute approximate surface area is 149 Å². The van der Waals surface area contributed by atoms with Gasteiger partial charge in [-0.05, 0) is 25.3 Å². The average molecular weight is 332 g/mol. The molecule has 1 fully saturated rings. The summed E-state index contributed by atoms with van der Waals surface area (Å²) in [6.45, 7) is 5.30. The number of nitrogens with one attached hydrogen (secondary N) is 1. The van der Waals surface area contributed by atoms with Crippen molar-refractivity contribution in [3.05, 3.63) is 29.5 Å². The first-order valence-electron chi connectivity index (χ1n) is 10.7. The van der Waals surface area contributed by atoms with Gasteiger partial charge in [0.25, 0.3) is 6.50 Å². The number of carbonyl (C=O) groups is 1. The largest absolute Gasteiger partial charge is 0.354 e. The number of aromatic nitrogens is 3. The molecule has 1 amide bonds. The van der Waals surface area contributed by atoms with Crippen LogP contribution in [0.5, 0.6) is 0 Å². The van der Waals surface area contributed by atoms with Gasteiger partial charge in [-0.2, -0.15) is 0 Å². The van der Waals surface area contributed by atoms with Crippen molar-refractivity contribution in [3.8, 4) is 0 Å². The molecule has 2 aromatic heterocycles. The number of nitrogens with zero attached hydrogens (tertiary/aromatic N) is 5. The Morgan fingerprint density at radius 2 is 2.54 bits per heavy atom. The van der Waals surface area contributed by atoms with E-state index in [0.29, 0.717) is 17.8 Å². The number of H-pyrrole nitrogens is 1. The number of carbonyl (C=O) groups excluding carboxylic acids is 1. The van der Waals surface area contributed by atoms with Crippen LogP contribution in [0.15, 0.2) is 12.4 Å². The van der Waals surface area contributed by atoms with Crippen molar-refractivity contribution in [2.45, 2.75) is 26.3 Å². The SMILES string of the molecule is [2H]c1c(C)[nH]c2ncnc(N([C@H]3CN(C(=O)C([2H])([2H])[N+]#[C-])CC[C@H]3C)C([2H])([2H])[2H])c12. The van der Waals surface area contributed by atoms with E-state index >= 15 is 0 Å². The Kier molecular flexibility index (Phi) is 2.78. The number of fused-ring (bicyclic) bond motifs is 1. The maximum atomic E-state index is 12.5. The molecule has 24 heavy (non-hydrogen) atoms. The van der Waals surface area contributed by atoms with Gasteiger partial charge in [0.15, 0.2) is 0 Å². The molecule has 0 unspecified atom stereocenters. The molecule has 1 aliphatic rings. The summed E-state index contributed by atoms with van der Waals surface area (Å²) >= 11 is 0. The van der Waals surface area contributed by atoms with Crippen LogP contribution in [0, 0.1) is 19.4 Å². The molecular formula is C17H22N6O. The molecule has 1 saturated heterocycles. The van der Waals surface area contributed by atoms with Gasteiger partial charge in [-0.25, -0.2) is 16.5 Å². The number of aryl methyl sites for hydroxylation is 1. The monoisotopic (exact) mass is 332 g/mol. The van der Waals surface area contributed by atoms with Gasteiger partial charge in [-0.1, -0.05) is 6.92 Å². The molecule has 0 aliphatic carbocycles. The van der Waals surface area contributed by atoms with E-state index in [2.05, 4.69) is 19.8 Å². The Balaban J connectivity index is 2.09. The third-order valence-electron chi connectivity index (χ3n) is 4.36. The van der Waals surface area contributed by atoms with Crippen molar-refractivity contribution in [1.82, 2.24) is 19.9 Å². The van der Waals surface area contributed by atoms with Crippen LogP contribution in [0.4, 0.5) is 5.82 Å². The van der Waals surface area contributed by atoms with E-state index in [1.165, 1.54) is 11.2 Å². The summed E-state index contributed by atoms with van der Waals surface area (Å²) < 4.78 is 48.0. The second-order valence-electron chi connectivity index (χ2n) is 5.97. The van der Waals surface area contributed by atoms with Gasteiger partial charge in [0.05, 0.1) is 12.8 Å². The second kappa shape index (κ2) is 6.48. The minimum absolute atomic E-state index is 0.0636. The third-order valence-corrected chi connectivity index (χ3v) is 4.36. The summed E-state index contributed by atoms with van der Waals surface area (Å²) in [5.74, 6) is -1.08. The number of hydrogen-bond donors (Lipinski definition) is 1. The van der Waals surface area contributed by atoms with Crippen molar-refractivity contribution in [2.24, 2.45) is 5.92 Å². The molecule has 0 saturated carbocycles. The lowest BCUT2D eigenvalue weighted by molar-refractivity contribution is -0.130. The van der Waals surface area contributed by atoms with Crippen molar-refractivity contribution in [1.29, 1.82) is 0 Å². The first-order valence-corrected chi connectivity index (χ1v) is 7.65. The van der Waals surface area contributed by atoms with Crippen molar-refractivity contribution in [3.63, 3.8) is 0 Å². The Bertz CT molecular complexity index is 1010. The quantitative estimate of drug-likeness (QED) is 0.871. The maximum absolute atomic E-state index is 12.5. The Morgan fingerprint density at radius 1 is 1.71 bits per heavy atom. The van der Waals surface area contributed by atoms with Gasteiger partial charge < -0.3 is 19.6 Å². The highest BCUT2D eigenvalue weighted by atomic mass is 16.2. The molecule has 0 radical (unpaired) electrons. The molecule has 0 spiro atoms. The predicted molar refractivity (Wildman–Crippen MR) is 92.6 cm³/mol. The number of likely N-dealkylation sites (N-methyl/N-ethyl adjacent to an activating group) is 1. The van der Waals surface area contributed by atoms with E-state index in [4.69, 9.17) is 14.8 Å². The highest BCUT2D eigenvalue weighted by molar-refractivity contribution is 5.88. The molecule has 1 aliphatic heterocycles. The van der Waals surface area contributed by atoms with E-state index in [1.54, 1.807) is 6.92 Å². The number of anilines is 1. The molecular weight excluding hydrogens is 304 g/mol. The van der Waals surface area contributed by atoms with Gasteiger partial charge in [-0.3, -0.25) is 4.79 Å². The van der Waals surface area contributed by atoms with Crippen molar-refractivity contribution in [2.75, 3.05) is 31.5 Å². The molecule has 2 atom stereocenters. The van der Waals surface area contributed by atoms with Crippen LogP contribution in [-0.2, 0) is 4.79 Å². The number of piperidine rings is 1. The highest BCUT2D eigenvalue weighted by Gasteiger charge is 2.33. The van der Waals surface area contributed by atoms with Crippen molar-refractivity contribution >= 4 is 22.8 Å². The van der Waals surface area contributed by atoms with Crippen LogP contribution in [0.25, 0.3) is 15.9 Å². The third kappa shape index (κ3) is 2.92. The topological polar surface area (TPSA) is 69.5 Å². The summed E-state index contributed by atoms with van der Waals surface area (Å²) in [6, 6.07) is -0.625.